The summed E-state index contributed by atoms with van der Waals surface area (Å²) in [6.45, 7) is 4.20. The normalized spacial score (nSPS) is 12.2. The first-order valence-corrected chi connectivity index (χ1v) is 5.89. The van der Waals surface area contributed by atoms with Gasteiger partial charge in [0.25, 0.3) is 5.91 Å². The summed E-state index contributed by atoms with van der Waals surface area (Å²) in [5, 5.41) is 12.4. The number of nitrogens with two attached hydrogens (primary N) is 1. The van der Waals surface area contributed by atoms with Gasteiger partial charge in [-0.05, 0) is 25.5 Å². The van der Waals surface area contributed by atoms with Crippen LogP contribution in [0.2, 0.25) is 0 Å². The average molecular weight is 236 g/mol. The summed E-state index contributed by atoms with van der Waals surface area (Å²) in [4.78, 5) is 12.0. The minimum atomic E-state index is -0.178. The molecule has 1 aromatic rings. The number of hydrogen-bond donors (Lipinski definition) is 3. The summed E-state index contributed by atoms with van der Waals surface area (Å²) in [5.74, 6) is -0.0419. The van der Waals surface area contributed by atoms with E-state index in [9.17, 15) is 9.90 Å². The van der Waals surface area contributed by atoms with Crippen molar-refractivity contribution < 1.29 is 9.90 Å². The van der Waals surface area contributed by atoms with Crippen molar-refractivity contribution in [1.29, 1.82) is 0 Å². The molecule has 0 fully saturated rings. The third-order valence-corrected chi connectivity index (χ3v) is 2.81. The quantitative estimate of drug-likeness (QED) is 0.726. The predicted molar refractivity (Wildman–Crippen MR) is 68.1 cm³/mol. The molecule has 0 radical (unpaired) electrons. The molecule has 4 heteroatoms. The topological polar surface area (TPSA) is 75.3 Å². The Kier molecular flexibility index (Phi) is 4.97. The highest BCUT2D eigenvalue weighted by Gasteiger charge is 2.14. The zero-order valence-corrected chi connectivity index (χ0v) is 10.4. The number of rotatable bonds is 5. The summed E-state index contributed by atoms with van der Waals surface area (Å²) >= 11 is 0. The molecule has 0 bridgehead atoms. The second kappa shape index (κ2) is 6.25. The van der Waals surface area contributed by atoms with Gasteiger partial charge in [0.15, 0.2) is 0 Å². The molecule has 0 spiro atoms. The smallest absolute Gasteiger partial charge is 0.251 e. The van der Waals surface area contributed by atoms with Crippen LogP contribution < -0.4 is 11.1 Å². The lowest BCUT2D eigenvalue weighted by atomic mass is 10.1. The van der Waals surface area contributed by atoms with Crippen molar-refractivity contribution in [3.8, 4) is 5.75 Å². The second-order valence-electron chi connectivity index (χ2n) is 4.14. The van der Waals surface area contributed by atoms with Crippen LogP contribution in [0.15, 0.2) is 18.2 Å². The lowest BCUT2D eigenvalue weighted by Gasteiger charge is -2.16. The average Bonchev–Trinajstić information content (AvgIpc) is 2.31. The van der Waals surface area contributed by atoms with Gasteiger partial charge in [0.2, 0.25) is 0 Å². The molecule has 1 unspecified atom stereocenters. The second-order valence-corrected chi connectivity index (χ2v) is 4.14. The maximum atomic E-state index is 12.0. The molecular weight excluding hydrogens is 216 g/mol. The molecule has 17 heavy (non-hydrogen) atoms. The fourth-order valence-electron chi connectivity index (χ4n) is 1.73. The first-order valence-electron chi connectivity index (χ1n) is 5.89. The van der Waals surface area contributed by atoms with Crippen LogP contribution in [-0.4, -0.2) is 23.6 Å². The molecule has 1 aromatic carbocycles. The largest absolute Gasteiger partial charge is 0.508 e. The summed E-state index contributed by atoms with van der Waals surface area (Å²) in [5.41, 5.74) is 6.68. The number of carbonyl (C=O) groups excluding carboxylic acids is 1. The van der Waals surface area contributed by atoms with Gasteiger partial charge in [-0.2, -0.15) is 0 Å². The van der Waals surface area contributed by atoms with Gasteiger partial charge in [-0.25, -0.2) is 0 Å². The van der Waals surface area contributed by atoms with E-state index in [2.05, 4.69) is 12.2 Å². The van der Waals surface area contributed by atoms with Gasteiger partial charge in [0, 0.05) is 23.7 Å². The van der Waals surface area contributed by atoms with E-state index in [0.29, 0.717) is 17.7 Å². The highest BCUT2D eigenvalue weighted by molar-refractivity contribution is 5.96. The van der Waals surface area contributed by atoms with Gasteiger partial charge in [-0.1, -0.05) is 19.4 Å². The van der Waals surface area contributed by atoms with Crippen LogP contribution >= 0.6 is 0 Å². The molecule has 0 aliphatic rings. The highest BCUT2D eigenvalue weighted by Crippen LogP contribution is 2.19. The third kappa shape index (κ3) is 3.46. The van der Waals surface area contributed by atoms with Crippen LogP contribution in [0.1, 0.15) is 35.7 Å². The Balaban J connectivity index is 2.79. The standard InChI is InChI=1S/C13H20N2O2/c1-3-5-10(8-14)15-13(17)11-6-4-7-12(16)9(11)2/h4,6-7,10,16H,3,5,8,14H2,1-2H3,(H,15,17). The van der Waals surface area contributed by atoms with Crippen molar-refractivity contribution in [3.05, 3.63) is 29.3 Å². The van der Waals surface area contributed by atoms with E-state index in [1.807, 2.05) is 0 Å². The highest BCUT2D eigenvalue weighted by atomic mass is 16.3. The van der Waals surface area contributed by atoms with Gasteiger partial charge >= 0.3 is 0 Å². The Morgan fingerprint density at radius 3 is 2.82 bits per heavy atom. The predicted octanol–water partition coefficient (Wildman–Crippen LogP) is 1.56. The van der Waals surface area contributed by atoms with Crippen LogP contribution in [0.5, 0.6) is 5.75 Å². The molecule has 0 aliphatic carbocycles. The number of carbonyl (C=O) groups is 1. The number of hydrogen-bond acceptors (Lipinski definition) is 3. The third-order valence-electron chi connectivity index (χ3n) is 2.81. The molecule has 0 saturated carbocycles. The molecular formula is C13H20N2O2. The number of aromatic hydroxyl groups is 1. The van der Waals surface area contributed by atoms with Crippen molar-refractivity contribution in [2.45, 2.75) is 32.7 Å². The van der Waals surface area contributed by atoms with Crippen molar-refractivity contribution in [1.82, 2.24) is 5.32 Å². The number of phenolic OH excluding ortho intramolecular Hbond substituents is 1. The van der Waals surface area contributed by atoms with Crippen LogP contribution in [0.4, 0.5) is 0 Å². The maximum Gasteiger partial charge on any atom is 0.251 e. The first kappa shape index (κ1) is 13.5. The van der Waals surface area contributed by atoms with Crippen LogP contribution in [0, 0.1) is 6.92 Å². The SMILES string of the molecule is CCCC(CN)NC(=O)c1cccc(O)c1C. The summed E-state index contributed by atoms with van der Waals surface area (Å²) < 4.78 is 0. The molecule has 4 nitrogen and oxygen atoms in total. The van der Waals surface area contributed by atoms with E-state index in [1.165, 1.54) is 0 Å². The minimum Gasteiger partial charge on any atom is -0.508 e. The van der Waals surface area contributed by atoms with Crippen molar-refractivity contribution in [3.63, 3.8) is 0 Å². The van der Waals surface area contributed by atoms with E-state index in [-0.39, 0.29) is 17.7 Å². The van der Waals surface area contributed by atoms with Crippen molar-refractivity contribution >= 4 is 5.91 Å². The fraction of sp³-hybridized carbons (Fsp3) is 0.462. The Morgan fingerprint density at radius 2 is 2.24 bits per heavy atom. The van der Waals surface area contributed by atoms with Crippen LogP contribution in [-0.2, 0) is 0 Å². The zero-order valence-electron chi connectivity index (χ0n) is 10.4. The van der Waals surface area contributed by atoms with Gasteiger partial charge in [0.05, 0.1) is 0 Å². The van der Waals surface area contributed by atoms with Crippen LogP contribution in [0.3, 0.4) is 0 Å². The molecule has 94 valence electrons. The van der Waals surface area contributed by atoms with E-state index in [4.69, 9.17) is 5.73 Å². The number of amides is 1. The molecule has 0 heterocycles. The molecule has 1 amide bonds. The Bertz CT molecular complexity index is 391. The van der Waals surface area contributed by atoms with Gasteiger partial charge in [-0.3, -0.25) is 4.79 Å². The van der Waals surface area contributed by atoms with Crippen molar-refractivity contribution in [2.75, 3.05) is 6.54 Å². The molecule has 0 saturated heterocycles. The monoisotopic (exact) mass is 236 g/mol. The number of nitrogens with one attached hydrogen (secondary N) is 1. The Labute approximate surface area is 102 Å². The van der Waals surface area contributed by atoms with E-state index >= 15 is 0 Å². The lowest BCUT2D eigenvalue weighted by Crippen LogP contribution is -2.40. The molecule has 0 aliphatic heterocycles. The summed E-state index contributed by atoms with van der Waals surface area (Å²) in [7, 11) is 0. The Morgan fingerprint density at radius 1 is 1.53 bits per heavy atom. The molecule has 4 N–H and O–H groups in total. The van der Waals surface area contributed by atoms with Crippen LogP contribution in [0.25, 0.3) is 0 Å². The first-order chi connectivity index (χ1) is 8.10. The van der Waals surface area contributed by atoms with E-state index in [0.717, 1.165) is 12.8 Å². The maximum absolute atomic E-state index is 12.0. The molecule has 0 aromatic heterocycles. The summed E-state index contributed by atoms with van der Waals surface area (Å²) in [6.07, 6.45) is 1.83. The van der Waals surface area contributed by atoms with Gasteiger partial charge < -0.3 is 16.2 Å². The minimum absolute atomic E-state index is 0.00533. The lowest BCUT2D eigenvalue weighted by molar-refractivity contribution is 0.0935. The molecule has 1 atom stereocenters. The zero-order chi connectivity index (χ0) is 12.8. The van der Waals surface area contributed by atoms with Gasteiger partial charge in [0.1, 0.15) is 5.75 Å². The number of phenols is 1. The fourth-order valence-corrected chi connectivity index (χ4v) is 1.73. The van der Waals surface area contributed by atoms with E-state index < -0.39 is 0 Å². The Hall–Kier alpha value is -1.55. The number of benzene rings is 1. The summed E-state index contributed by atoms with van der Waals surface area (Å²) in [6, 6.07) is 4.92. The molecule has 1 rings (SSSR count). The van der Waals surface area contributed by atoms with E-state index in [1.54, 1.807) is 25.1 Å². The van der Waals surface area contributed by atoms with Gasteiger partial charge in [-0.15, -0.1) is 0 Å². The van der Waals surface area contributed by atoms with Crippen molar-refractivity contribution in [2.24, 2.45) is 5.73 Å².